The molecule has 10 heavy (non-hydrogen) atoms. The molecule has 2 heteroatoms. The van der Waals surface area contributed by atoms with Crippen LogP contribution >= 0.6 is 0 Å². The zero-order valence-corrected chi connectivity index (χ0v) is 6.29. The predicted octanol–water partition coefficient (Wildman–Crippen LogP) is 1.67. The maximum absolute atomic E-state index is 10.8. The van der Waals surface area contributed by atoms with Crippen molar-refractivity contribution >= 4 is 5.78 Å². The van der Waals surface area contributed by atoms with Gasteiger partial charge in [0.25, 0.3) is 0 Å². The Hall–Kier alpha value is -0.790. The van der Waals surface area contributed by atoms with Crippen molar-refractivity contribution in [1.29, 1.82) is 0 Å². The van der Waals surface area contributed by atoms with Crippen LogP contribution in [0.15, 0.2) is 11.8 Å². The Morgan fingerprint density at radius 3 is 2.50 bits per heavy atom. The van der Waals surface area contributed by atoms with E-state index in [1.54, 1.807) is 6.08 Å². The number of hydrogen-bond acceptors (Lipinski definition) is 2. The van der Waals surface area contributed by atoms with E-state index in [2.05, 4.69) is 0 Å². The van der Waals surface area contributed by atoms with Crippen molar-refractivity contribution in [3.05, 3.63) is 11.8 Å². The van der Waals surface area contributed by atoms with Crippen molar-refractivity contribution in [3.8, 4) is 0 Å². The Balaban J connectivity index is 2.65. The maximum atomic E-state index is 10.8. The molecule has 1 aliphatic carbocycles. The fourth-order valence-corrected chi connectivity index (χ4v) is 1.10. The van der Waals surface area contributed by atoms with Crippen molar-refractivity contribution in [1.82, 2.24) is 0 Å². The number of aliphatic hydroxyl groups is 1. The van der Waals surface area contributed by atoms with Crippen molar-refractivity contribution in [3.63, 3.8) is 0 Å². The van der Waals surface area contributed by atoms with Crippen LogP contribution in [0.3, 0.4) is 0 Å². The van der Waals surface area contributed by atoms with E-state index in [1.807, 2.05) is 13.8 Å². The normalized spacial score (nSPS) is 25.7. The lowest BCUT2D eigenvalue weighted by atomic mass is 9.96. The third kappa shape index (κ3) is 1.20. The molecule has 56 valence electrons. The molecule has 1 aliphatic rings. The number of carbonyl (C=O) groups excluding carboxylic acids is 1. The molecule has 1 rings (SSSR count). The molecular formula is C8H12O2. The number of Topliss-reactive ketones (excluding diaryl/α,β-unsaturated/α-hetero) is 1. The zero-order chi connectivity index (χ0) is 7.72. The average molecular weight is 140 g/mol. The molecular weight excluding hydrogens is 128 g/mol. The summed E-state index contributed by atoms with van der Waals surface area (Å²) in [5.41, 5.74) is 0. The molecule has 0 saturated carbocycles. The number of aliphatic hydroxyl groups excluding tert-OH is 1. The minimum absolute atomic E-state index is 0.0429. The van der Waals surface area contributed by atoms with Gasteiger partial charge in [0.15, 0.2) is 11.5 Å². The molecule has 1 N–H and O–H groups in total. The molecule has 1 unspecified atom stereocenters. The van der Waals surface area contributed by atoms with Gasteiger partial charge in [-0.1, -0.05) is 13.8 Å². The van der Waals surface area contributed by atoms with Crippen LogP contribution in [0.5, 0.6) is 0 Å². The summed E-state index contributed by atoms with van der Waals surface area (Å²) >= 11 is 0. The van der Waals surface area contributed by atoms with Crippen LogP contribution in [0.4, 0.5) is 0 Å². The number of hydrogen-bond donors (Lipinski definition) is 1. The largest absolute Gasteiger partial charge is 0.505 e. The monoisotopic (exact) mass is 140 g/mol. The SMILES string of the molecule is CC(C)C1C=C(O)C(=O)C1. The van der Waals surface area contributed by atoms with Gasteiger partial charge in [0.05, 0.1) is 0 Å². The van der Waals surface area contributed by atoms with Gasteiger partial charge in [-0.25, -0.2) is 0 Å². The lowest BCUT2D eigenvalue weighted by molar-refractivity contribution is -0.117. The summed E-state index contributed by atoms with van der Waals surface area (Å²) in [5.74, 6) is 0.554. The van der Waals surface area contributed by atoms with Gasteiger partial charge in [0.1, 0.15) is 0 Å². The Kier molecular flexibility index (Phi) is 1.79. The van der Waals surface area contributed by atoms with Crippen LogP contribution in [0.2, 0.25) is 0 Å². The molecule has 0 fully saturated rings. The van der Waals surface area contributed by atoms with Gasteiger partial charge < -0.3 is 5.11 Å². The number of carbonyl (C=O) groups is 1. The van der Waals surface area contributed by atoms with Gasteiger partial charge in [-0.05, 0) is 17.9 Å². The molecule has 0 heterocycles. The molecule has 0 spiro atoms. The maximum Gasteiger partial charge on any atom is 0.197 e. The van der Waals surface area contributed by atoms with Crippen molar-refractivity contribution < 1.29 is 9.90 Å². The molecule has 0 aliphatic heterocycles. The highest BCUT2D eigenvalue weighted by atomic mass is 16.3. The van der Waals surface area contributed by atoms with Crippen LogP contribution in [-0.4, -0.2) is 10.9 Å². The lowest BCUT2D eigenvalue weighted by Crippen LogP contribution is -2.04. The van der Waals surface area contributed by atoms with Crippen LogP contribution in [-0.2, 0) is 4.79 Å². The first-order valence-electron chi connectivity index (χ1n) is 3.55. The molecule has 0 aromatic carbocycles. The fourth-order valence-electron chi connectivity index (χ4n) is 1.10. The smallest absolute Gasteiger partial charge is 0.197 e. The van der Waals surface area contributed by atoms with Crippen LogP contribution < -0.4 is 0 Å². The number of rotatable bonds is 1. The third-order valence-electron chi connectivity index (χ3n) is 1.94. The van der Waals surface area contributed by atoms with E-state index >= 15 is 0 Å². The van der Waals surface area contributed by atoms with Crippen molar-refractivity contribution in [2.24, 2.45) is 11.8 Å². The minimum Gasteiger partial charge on any atom is -0.505 e. The quantitative estimate of drug-likeness (QED) is 0.601. The molecule has 2 nitrogen and oxygen atoms in total. The Morgan fingerprint density at radius 2 is 2.30 bits per heavy atom. The highest BCUT2D eigenvalue weighted by Crippen LogP contribution is 2.25. The van der Waals surface area contributed by atoms with Crippen LogP contribution in [0, 0.1) is 11.8 Å². The van der Waals surface area contributed by atoms with E-state index in [4.69, 9.17) is 5.11 Å². The summed E-state index contributed by atoms with van der Waals surface area (Å²) < 4.78 is 0. The molecule has 0 bridgehead atoms. The molecule has 1 atom stereocenters. The average Bonchev–Trinajstić information content (AvgIpc) is 2.13. The first-order chi connectivity index (χ1) is 4.61. The summed E-state index contributed by atoms with van der Waals surface area (Å²) in [6.45, 7) is 4.10. The summed E-state index contributed by atoms with van der Waals surface area (Å²) in [6.07, 6.45) is 2.15. The summed E-state index contributed by atoms with van der Waals surface area (Å²) in [6, 6.07) is 0. The first kappa shape index (κ1) is 7.32. The van der Waals surface area contributed by atoms with Crippen LogP contribution in [0.1, 0.15) is 20.3 Å². The standard InChI is InChI=1S/C8H12O2/c1-5(2)6-3-7(9)8(10)4-6/h3,5-6,9H,4H2,1-2H3. The third-order valence-corrected chi connectivity index (χ3v) is 1.94. The van der Waals surface area contributed by atoms with E-state index in [-0.39, 0.29) is 17.5 Å². The van der Waals surface area contributed by atoms with Crippen molar-refractivity contribution in [2.75, 3.05) is 0 Å². The summed E-state index contributed by atoms with van der Waals surface area (Å²) in [5, 5.41) is 8.93. The summed E-state index contributed by atoms with van der Waals surface area (Å²) in [4.78, 5) is 10.8. The molecule has 0 aromatic rings. The second-order valence-electron chi connectivity index (χ2n) is 3.09. The van der Waals surface area contributed by atoms with E-state index in [9.17, 15) is 4.79 Å². The fraction of sp³-hybridized carbons (Fsp3) is 0.625. The highest BCUT2D eigenvalue weighted by molar-refractivity contribution is 5.95. The zero-order valence-electron chi connectivity index (χ0n) is 6.29. The van der Waals surface area contributed by atoms with Crippen molar-refractivity contribution in [2.45, 2.75) is 20.3 Å². The van der Waals surface area contributed by atoms with E-state index in [0.29, 0.717) is 12.3 Å². The van der Waals surface area contributed by atoms with Gasteiger partial charge >= 0.3 is 0 Å². The molecule has 0 amide bonds. The molecule has 0 aromatic heterocycles. The number of ketones is 1. The first-order valence-corrected chi connectivity index (χ1v) is 3.55. The Labute approximate surface area is 60.6 Å². The van der Waals surface area contributed by atoms with Gasteiger partial charge in [-0.3, -0.25) is 4.79 Å². The van der Waals surface area contributed by atoms with Gasteiger partial charge in [-0.2, -0.15) is 0 Å². The minimum atomic E-state index is -0.112. The van der Waals surface area contributed by atoms with Gasteiger partial charge in [0, 0.05) is 6.42 Å². The van der Waals surface area contributed by atoms with E-state index in [1.165, 1.54) is 0 Å². The highest BCUT2D eigenvalue weighted by Gasteiger charge is 2.25. The lowest BCUT2D eigenvalue weighted by Gasteiger charge is -2.08. The Morgan fingerprint density at radius 1 is 1.70 bits per heavy atom. The van der Waals surface area contributed by atoms with Crippen LogP contribution in [0.25, 0.3) is 0 Å². The second kappa shape index (κ2) is 2.45. The Bertz CT molecular complexity index is 180. The van der Waals surface area contributed by atoms with Gasteiger partial charge in [0.2, 0.25) is 0 Å². The topological polar surface area (TPSA) is 37.3 Å². The molecule has 0 saturated heterocycles. The second-order valence-corrected chi connectivity index (χ2v) is 3.09. The van der Waals surface area contributed by atoms with E-state index in [0.717, 1.165) is 0 Å². The summed E-state index contributed by atoms with van der Waals surface area (Å²) in [7, 11) is 0. The van der Waals surface area contributed by atoms with E-state index < -0.39 is 0 Å². The predicted molar refractivity (Wildman–Crippen MR) is 38.7 cm³/mol. The molecule has 0 radical (unpaired) electrons. The van der Waals surface area contributed by atoms with Gasteiger partial charge in [-0.15, -0.1) is 0 Å². The number of allylic oxidation sites excluding steroid dienone is 2.